The third-order valence-corrected chi connectivity index (χ3v) is 2.58. The quantitative estimate of drug-likeness (QED) is 0.656. The van der Waals surface area contributed by atoms with Crippen molar-refractivity contribution in [1.82, 2.24) is 9.13 Å². The van der Waals surface area contributed by atoms with Crippen molar-refractivity contribution in [3.63, 3.8) is 0 Å². The third-order valence-electron chi connectivity index (χ3n) is 1.60. The summed E-state index contributed by atoms with van der Waals surface area (Å²) in [7, 11) is 0. The van der Waals surface area contributed by atoms with Crippen molar-refractivity contribution in [2.45, 2.75) is 13.1 Å². The van der Waals surface area contributed by atoms with Crippen LogP contribution >= 0.6 is 0 Å². The summed E-state index contributed by atoms with van der Waals surface area (Å²) < 4.78 is 4.73. The number of nitrogens with zero attached hydrogens (tertiary/aromatic N) is 2. The molecule has 12 heavy (non-hydrogen) atoms. The fraction of sp³-hybridized carbons (Fsp3) is 0.571. The SMILES string of the molecule is OCCn1ccn(CCO)c1=[Se]. The minimum absolute atomic E-state index is 0.127. The van der Waals surface area contributed by atoms with Gasteiger partial charge in [0.1, 0.15) is 0 Å². The first-order valence-corrected chi connectivity index (χ1v) is 4.62. The molecule has 0 fully saturated rings. The van der Waals surface area contributed by atoms with Crippen LogP contribution in [0, 0.1) is 4.32 Å². The number of aliphatic hydroxyl groups is 2. The second-order valence-electron chi connectivity index (χ2n) is 2.41. The standard InChI is InChI=1S/C7H12N2O2Se/c10-5-3-8-1-2-9(4-6-11)7(8)12/h1-2,10-11H,3-6H2. The van der Waals surface area contributed by atoms with Gasteiger partial charge in [0.25, 0.3) is 0 Å². The third kappa shape index (κ3) is 2.08. The van der Waals surface area contributed by atoms with Crippen LogP contribution in [0.25, 0.3) is 0 Å². The van der Waals surface area contributed by atoms with E-state index in [9.17, 15) is 0 Å². The zero-order valence-electron chi connectivity index (χ0n) is 6.68. The van der Waals surface area contributed by atoms with Gasteiger partial charge in [0, 0.05) is 0 Å². The van der Waals surface area contributed by atoms with Gasteiger partial charge in [0.15, 0.2) is 0 Å². The number of imidazole rings is 1. The molecule has 0 aliphatic heterocycles. The van der Waals surface area contributed by atoms with Crippen LogP contribution in [-0.4, -0.2) is 48.1 Å². The number of hydrogen-bond acceptors (Lipinski definition) is 2. The molecule has 4 nitrogen and oxygen atoms in total. The summed E-state index contributed by atoms with van der Waals surface area (Å²) in [4.78, 5) is 0. The molecule has 0 radical (unpaired) electrons. The van der Waals surface area contributed by atoms with Gasteiger partial charge in [-0.25, -0.2) is 0 Å². The molecule has 0 unspecified atom stereocenters. The molecule has 0 aliphatic rings. The molecule has 5 heteroatoms. The van der Waals surface area contributed by atoms with Crippen molar-refractivity contribution in [1.29, 1.82) is 0 Å². The van der Waals surface area contributed by atoms with Crippen LogP contribution in [0.4, 0.5) is 0 Å². The first kappa shape index (κ1) is 9.74. The first-order chi connectivity index (χ1) is 5.79. The Bertz CT molecular complexity index is 265. The van der Waals surface area contributed by atoms with Crippen molar-refractivity contribution < 1.29 is 10.2 Å². The summed E-state index contributed by atoms with van der Waals surface area (Å²) >= 11 is 2.89. The summed E-state index contributed by atoms with van der Waals surface area (Å²) in [5.74, 6) is 0. The van der Waals surface area contributed by atoms with Gasteiger partial charge >= 0.3 is 77.9 Å². The molecule has 0 amide bonds. The van der Waals surface area contributed by atoms with E-state index in [1.807, 2.05) is 21.5 Å². The maximum atomic E-state index is 8.69. The van der Waals surface area contributed by atoms with Gasteiger partial charge in [-0.1, -0.05) is 0 Å². The second kappa shape index (κ2) is 4.62. The summed E-state index contributed by atoms with van der Waals surface area (Å²) in [6.07, 6.45) is 3.75. The van der Waals surface area contributed by atoms with E-state index in [1.54, 1.807) is 0 Å². The minimum atomic E-state index is 0.127. The van der Waals surface area contributed by atoms with E-state index in [4.69, 9.17) is 10.2 Å². The molecule has 0 aromatic carbocycles. The van der Waals surface area contributed by atoms with Crippen LogP contribution in [-0.2, 0) is 13.1 Å². The molecule has 0 aliphatic carbocycles. The second-order valence-corrected chi connectivity index (χ2v) is 3.18. The Hall–Kier alpha value is -0.351. The average Bonchev–Trinajstić information content (AvgIpc) is 2.38. The fourth-order valence-electron chi connectivity index (χ4n) is 1.01. The van der Waals surface area contributed by atoms with Gasteiger partial charge in [-0.3, -0.25) is 0 Å². The molecule has 2 N–H and O–H groups in total. The van der Waals surface area contributed by atoms with E-state index in [2.05, 4.69) is 15.6 Å². The van der Waals surface area contributed by atoms with Gasteiger partial charge in [-0.15, -0.1) is 0 Å². The zero-order valence-corrected chi connectivity index (χ0v) is 8.39. The monoisotopic (exact) mass is 236 g/mol. The molecule has 1 aromatic heterocycles. The summed E-state index contributed by atoms with van der Waals surface area (Å²) in [5.41, 5.74) is 0. The Balaban J connectivity index is 2.81. The molecular formula is C7H12N2O2Se. The Morgan fingerprint density at radius 3 is 1.83 bits per heavy atom. The van der Waals surface area contributed by atoms with Gasteiger partial charge in [0.05, 0.1) is 0 Å². The van der Waals surface area contributed by atoms with E-state index in [1.165, 1.54) is 0 Å². The Kier molecular flexibility index (Phi) is 3.75. The van der Waals surface area contributed by atoms with Crippen molar-refractivity contribution >= 4 is 15.6 Å². The van der Waals surface area contributed by atoms with E-state index >= 15 is 0 Å². The van der Waals surface area contributed by atoms with E-state index in [0.29, 0.717) is 13.1 Å². The summed E-state index contributed by atoms with van der Waals surface area (Å²) in [6.45, 7) is 1.42. The molecule has 0 spiro atoms. The predicted molar refractivity (Wildman–Crippen MR) is 45.6 cm³/mol. The first-order valence-electron chi connectivity index (χ1n) is 3.77. The summed E-state index contributed by atoms with van der Waals surface area (Å²) in [5, 5.41) is 17.4. The van der Waals surface area contributed by atoms with Gasteiger partial charge in [-0.05, 0) is 0 Å². The number of aromatic nitrogens is 2. The molecule has 1 heterocycles. The average molecular weight is 235 g/mol. The number of aliphatic hydroxyl groups excluding tert-OH is 2. The molecule has 0 atom stereocenters. The van der Waals surface area contributed by atoms with Crippen LogP contribution in [0.1, 0.15) is 0 Å². The molecule has 0 saturated carbocycles. The topological polar surface area (TPSA) is 50.3 Å². The molecule has 0 saturated heterocycles. The Morgan fingerprint density at radius 2 is 1.50 bits per heavy atom. The van der Waals surface area contributed by atoms with Crippen LogP contribution in [0.5, 0.6) is 0 Å². The van der Waals surface area contributed by atoms with Crippen molar-refractivity contribution in [2.24, 2.45) is 0 Å². The van der Waals surface area contributed by atoms with Crippen molar-refractivity contribution in [3.8, 4) is 0 Å². The van der Waals surface area contributed by atoms with Crippen LogP contribution < -0.4 is 0 Å². The van der Waals surface area contributed by atoms with E-state index in [-0.39, 0.29) is 13.2 Å². The van der Waals surface area contributed by atoms with E-state index in [0.717, 1.165) is 4.32 Å². The van der Waals surface area contributed by atoms with Crippen molar-refractivity contribution in [2.75, 3.05) is 13.2 Å². The van der Waals surface area contributed by atoms with Crippen LogP contribution in [0.2, 0.25) is 0 Å². The molecule has 68 valence electrons. The normalized spacial score (nSPS) is 10.5. The number of hydrogen-bond donors (Lipinski definition) is 2. The van der Waals surface area contributed by atoms with Crippen LogP contribution in [0.15, 0.2) is 12.4 Å². The van der Waals surface area contributed by atoms with Gasteiger partial charge < -0.3 is 0 Å². The zero-order chi connectivity index (χ0) is 8.97. The maximum absolute atomic E-state index is 8.69. The molecule has 0 bridgehead atoms. The molecule has 1 rings (SSSR count). The van der Waals surface area contributed by atoms with E-state index < -0.39 is 0 Å². The molecular weight excluding hydrogens is 223 g/mol. The molecule has 1 aromatic rings. The number of rotatable bonds is 4. The summed E-state index contributed by atoms with van der Waals surface area (Å²) in [6, 6.07) is 0. The Morgan fingerprint density at radius 1 is 1.08 bits per heavy atom. The van der Waals surface area contributed by atoms with Gasteiger partial charge in [0.2, 0.25) is 0 Å². The predicted octanol–water partition coefficient (Wildman–Crippen LogP) is -1.03. The fourth-order valence-corrected chi connectivity index (χ4v) is 1.65. The Labute approximate surface area is 78.4 Å². The van der Waals surface area contributed by atoms with Crippen molar-refractivity contribution in [3.05, 3.63) is 16.7 Å². The van der Waals surface area contributed by atoms with Crippen LogP contribution in [0.3, 0.4) is 0 Å². The van der Waals surface area contributed by atoms with Gasteiger partial charge in [-0.2, -0.15) is 0 Å².